The number of benzene rings is 1. The molecule has 0 atom stereocenters. The number of aromatic nitrogens is 1. The first-order valence-electron chi connectivity index (χ1n) is 3.93. The molecule has 0 spiro atoms. The van der Waals surface area contributed by atoms with E-state index < -0.39 is 17.7 Å². The second kappa shape index (κ2) is 3.09. The third-order valence-electron chi connectivity index (χ3n) is 1.86. The molecule has 0 aliphatic rings. The Bertz CT molecular complexity index is 601. The molecule has 6 heteroatoms. The highest BCUT2D eigenvalue weighted by Gasteiger charge is 2.09. The molecule has 2 rings (SSSR count). The van der Waals surface area contributed by atoms with Crippen LogP contribution in [0.4, 0.5) is 0 Å². The minimum atomic E-state index is -1.15. The van der Waals surface area contributed by atoms with Gasteiger partial charge < -0.3 is 9.52 Å². The smallest absolute Gasteiger partial charge is 0.442 e. The zero-order valence-corrected chi connectivity index (χ0v) is 7.26. The molecular formula is C9H4NO5. The quantitative estimate of drug-likeness (QED) is 0.750. The van der Waals surface area contributed by atoms with Crippen LogP contribution in [-0.2, 0) is 5.11 Å². The Kier molecular flexibility index (Phi) is 1.89. The normalized spacial score (nSPS) is 10.4. The van der Waals surface area contributed by atoms with E-state index in [1.165, 1.54) is 12.1 Å². The van der Waals surface area contributed by atoms with Crippen LogP contribution in [0.15, 0.2) is 27.4 Å². The first kappa shape index (κ1) is 9.20. The number of carboxylic acids is 1. The van der Waals surface area contributed by atoms with Crippen LogP contribution < -0.4 is 5.63 Å². The van der Waals surface area contributed by atoms with Crippen molar-refractivity contribution in [3.05, 3.63) is 34.2 Å². The number of hydrogen-bond acceptors (Lipinski definition) is 4. The molecule has 0 aliphatic carbocycles. The van der Waals surface area contributed by atoms with Crippen LogP contribution in [-0.4, -0.2) is 16.1 Å². The highest BCUT2D eigenvalue weighted by Crippen LogP contribution is 2.13. The maximum Gasteiger partial charge on any atom is 0.442 e. The van der Waals surface area contributed by atoms with E-state index in [0.717, 1.165) is 6.07 Å². The lowest BCUT2D eigenvalue weighted by Crippen LogP contribution is -2.02. The molecule has 1 aromatic heterocycles. The molecule has 6 nitrogen and oxygen atoms in total. The molecule has 0 unspecified atom stereocenters. The lowest BCUT2D eigenvalue weighted by atomic mass is 10.1. The van der Waals surface area contributed by atoms with E-state index in [0.29, 0.717) is 0 Å². The fourth-order valence-electron chi connectivity index (χ4n) is 1.19. The van der Waals surface area contributed by atoms with E-state index >= 15 is 0 Å². The second-order valence-electron chi connectivity index (χ2n) is 2.80. The van der Waals surface area contributed by atoms with Gasteiger partial charge >= 0.3 is 17.7 Å². The standard InChI is InChI=1S/C9H4NO5/c11-7(12)4-1-2-5-6(3-4)10-9(14)15-8(5)13/h1-3H,(H,11,12). The number of fused-ring (bicyclic) bond motifs is 1. The Morgan fingerprint density at radius 3 is 2.80 bits per heavy atom. The largest absolute Gasteiger partial charge is 0.478 e. The van der Waals surface area contributed by atoms with Crippen LogP contribution in [0.1, 0.15) is 10.4 Å². The Morgan fingerprint density at radius 2 is 2.13 bits per heavy atom. The van der Waals surface area contributed by atoms with Gasteiger partial charge in [0, 0.05) is 0 Å². The van der Waals surface area contributed by atoms with Crippen LogP contribution in [0.25, 0.3) is 10.9 Å². The van der Waals surface area contributed by atoms with Crippen molar-refractivity contribution in [2.75, 3.05) is 0 Å². The average Bonchev–Trinajstić information content (AvgIpc) is 2.16. The number of carbonyl (C=O) groups is 1. The highest BCUT2D eigenvalue weighted by atomic mass is 16.5. The summed E-state index contributed by atoms with van der Waals surface area (Å²) in [5.74, 6) is -1.15. The van der Waals surface area contributed by atoms with E-state index in [-0.39, 0.29) is 16.5 Å². The number of rotatable bonds is 1. The van der Waals surface area contributed by atoms with Crippen molar-refractivity contribution in [2.24, 2.45) is 0 Å². The molecule has 15 heavy (non-hydrogen) atoms. The van der Waals surface area contributed by atoms with E-state index in [1.807, 2.05) is 0 Å². The van der Waals surface area contributed by atoms with Crippen LogP contribution in [0.5, 0.6) is 6.08 Å². The monoisotopic (exact) mass is 206 g/mol. The summed E-state index contributed by atoms with van der Waals surface area (Å²) < 4.78 is 4.22. The molecule has 0 saturated heterocycles. The average molecular weight is 206 g/mol. The van der Waals surface area contributed by atoms with Gasteiger partial charge in [0.15, 0.2) is 0 Å². The van der Waals surface area contributed by atoms with E-state index in [2.05, 4.69) is 9.40 Å². The maximum atomic E-state index is 11.1. The van der Waals surface area contributed by atoms with E-state index in [4.69, 9.17) is 5.11 Å². The fourth-order valence-corrected chi connectivity index (χ4v) is 1.19. The molecule has 1 aromatic carbocycles. The van der Waals surface area contributed by atoms with Crippen LogP contribution in [0, 0.1) is 0 Å². The van der Waals surface area contributed by atoms with Crippen molar-refractivity contribution in [2.45, 2.75) is 0 Å². The zero-order valence-electron chi connectivity index (χ0n) is 7.26. The van der Waals surface area contributed by atoms with Gasteiger partial charge in [0.2, 0.25) is 0 Å². The van der Waals surface area contributed by atoms with Gasteiger partial charge in [-0.25, -0.2) is 14.7 Å². The van der Waals surface area contributed by atoms with E-state index in [1.54, 1.807) is 0 Å². The van der Waals surface area contributed by atoms with Crippen molar-refractivity contribution in [1.82, 2.24) is 4.98 Å². The third-order valence-corrected chi connectivity index (χ3v) is 1.86. The molecule has 1 radical (unpaired) electrons. The Balaban J connectivity index is 2.82. The van der Waals surface area contributed by atoms with Gasteiger partial charge in [-0.05, 0) is 18.2 Å². The summed E-state index contributed by atoms with van der Waals surface area (Å²) in [7, 11) is 0. The summed E-state index contributed by atoms with van der Waals surface area (Å²) in [6, 6.07) is 3.65. The molecule has 2 aromatic rings. The SMILES string of the molecule is [O]c1nc2cc(C(=O)O)ccc2c(=O)o1. The minimum Gasteiger partial charge on any atom is -0.478 e. The molecule has 0 fully saturated rings. The molecule has 1 heterocycles. The van der Waals surface area contributed by atoms with Gasteiger partial charge in [-0.2, -0.15) is 4.98 Å². The Hall–Kier alpha value is -2.37. The number of hydrogen-bond donors (Lipinski definition) is 1. The molecular weight excluding hydrogens is 202 g/mol. The second-order valence-corrected chi connectivity index (χ2v) is 2.80. The molecule has 0 amide bonds. The van der Waals surface area contributed by atoms with Gasteiger partial charge in [-0.3, -0.25) is 0 Å². The lowest BCUT2D eigenvalue weighted by molar-refractivity contribution is 0.0697. The number of nitrogens with zero attached hydrogens (tertiary/aromatic N) is 1. The van der Waals surface area contributed by atoms with Gasteiger partial charge in [0.1, 0.15) is 0 Å². The number of aromatic carboxylic acids is 1. The van der Waals surface area contributed by atoms with Gasteiger partial charge in [-0.1, -0.05) is 0 Å². The third kappa shape index (κ3) is 1.52. The summed E-state index contributed by atoms with van der Waals surface area (Å²) in [5.41, 5.74) is -0.835. The van der Waals surface area contributed by atoms with Gasteiger partial charge in [-0.15, -0.1) is 0 Å². The summed E-state index contributed by atoms with van der Waals surface area (Å²) >= 11 is 0. The summed E-state index contributed by atoms with van der Waals surface area (Å²) in [6.07, 6.45) is -1.03. The maximum absolute atomic E-state index is 11.1. The van der Waals surface area contributed by atoms with Crippen molar-refractivity contribution < 1.29 is 19.4 Å². The van der Waals surface area contributed by atoms with Crippen molar-refractivity contribution >= 4 is 16.9 Å². The zero-order chi connectivity index (χ0) is 11.0. The van der Waals surface area contributed by atoms with Crippen molar-refractivity contribution in [3.63, 3.8) is 0 Å². The van der Waals surface area contributed by atoms with Gasteiger partial charge in [0.05, 0.1) is 16.5 Å². The summed E-state index contributed by atoms with van der Waals surface area (Å²) in [5, 5.41) is 19.5. The first-order valence-corrected chi connectivity index (χ1v) is 3.93. The molecule has 0 bridgehead atoms. The van der Waals surface area contributed by atoms with Crippen LogP contribution in [0.3, 0.4) is 0 Å². The van der Waals surface area contributed by atoms with Crippen LogP contribution in [0.2, 0.25) is 0 Å². The Morgan fingerprint density at radius 1 is 1.40 bits per heavy atom. The summed E-state index contributed by atoms with van der Waals surface area (Å²) in [6.45, 7) is 0. The highest BCUT2D eigenvalue weighted by molar-refractivity contribution is 5.92. The molecule has 0 saturated carbocycles. The minimum absolute atomic E-state index is 0.0242. The predicted octanol–water partition coefficient (Wildman–Crippen LogP) is 1.03. The summed E-state index contributed by atoms with van der Waals surface area (Å²) in [4.78, 5) is 25.1. The molecule has 0 aliphatic heterocycles. The van der Waals surface area contributed by atoms with Crippen molar-refractivity contribution in [3.8, 4) is 6.08 Å². The predicted molar refractivity (Wildman–Crippen MR) is 47.4 cm³/mol. The fraction of sp³-hybridized carbons (Fsp3) is 0. The van der Waals surface area contributed by atoms with Crippen LogP contribution >= 0.6 is 0 Å². The van der Waals surface area contributed by atoms with Gasteiger partial charge in [0.25, 0.3) is 0 Å². The number of carboxylic acid groups (broad SMARTS) is 1. The first-order chi connectivity index (χ1) is 7.08. The lowest BCUT2D eigenvalue weighted by Gasteiger charge is -1.96. The molecule has 1 N–H and O–H groups in total. The van der Waals surface area contributed by atoms with Crippen molar-refractivity contribution in [1.29, 1.82) is 0 Å². The van der Waals surface area contributed by atoms with E-state index in [9.17, 15) is 14.7 Å². The topological polar surface area (TPSA) is 100 Å². The molecule has 75 valence electrons. The Labute approximate surface area is 82.4 Å².